The van der Waals surface area contributed by atoms with Crippen molar-refractivity contribution in [3.8, 4) is 0 Å². The Hall–Kier alpha value is -0.640. The van der Waals surface area contributed by atoms with Crippen LogP contribution in [0.5, 0.6) is 0 Å². The van der Waals surface area contributed by atoms with Crippen LogP contribution in [0.25, 0.3) is 0 Å². The zero-order chi connectivity index (χ0) is 14.1. The van der Waals surface area contributed by atoms with E-state index in [2.05, 4.69) is 50.1 Å². The fourth-order valence-corrected chi connectivity index (χ4v) is 3.74. The molecule has 0 amide bonds. The van der Waals surface area contributed by atoms with Crippen LogP contribution in [0.1, 0.15) is 34.8 Å². The van der Waals surface area contributed by atoms with Crippen LogP contribution in [-0.2, 0) is 19.3 Å². The molecule has 2 aromatic rings. The van der Waals surface area contributed by atoms with Gasteiger partial charge in [0.1, 0.15) is 0 Å². The monoisotopic (exact) mass is 394 g/mol. The van der Waals surface area contributed by atoms with Gasteiger partial charge in [-0.15, -0.1) is 0 Å². The first-order valence-electron chi connectivity index (χ1n) is 6.87. The molecule has 1 nitrogen and oxygen atoms in total. The van der Waals surface area contributed by atoms with Crippen LogP contribution in [0.3, 0.4) is 0 Å². The van der Waals surface area contributed by atoms with Crippen molar-refractivity contribution in [3.05, 3.63) is 67.6 Å². The lowest BCUT2D eigenvalue weighted by molar-refractivity contribution is 0.177. The highest BCUT2D eigenvalue weighted by Gasteiger charge is 2.15. The van der Waals surface area contributed by atoms with Crippen LogP contribution in [0.2, 0.25) is 0 Å². The minimum absolute atomic E-state index is 0.485. The third kappa shape index (κ3) is 3.00. The molecule has 3 heteroatoms. The maximum absolute atomic E-state index is 10.5. The number of aliphatic hydroxyl groups excluding tert-OH is 1. The van der Waals surface area contributed by atoms with E-state index in [4.69, 9.17) is 0 Å². The van der Waals surface area contributed by atoms with Crippen molar-refractivity contribution in [2.24, 2.45) is 0 Å². The first-order chi connectivity index (χ1) is 9.63. The Labute approximate surface area is 136 Å². The maximum atomic E-state index is 10.5. The number of hydrogen-bond donors (Lipinski definition) is 1. The van der Waals surface area contributed by atoms with Crippen molar-refractivity contribution in [2.75, 3.05) is 0 Å². The molecule has 104 valence electrons. The molecule has 1 unspecified atom stereocenters. The predicted molar refractivity (Wildman–Crippen MR) is 89.0 cm³/mol. The summed E-state index contributed by atoms with van der Waals surface area (Å²) >= 11 is 6.97. The zero-order valence-electron chi connectivity index (χ0n) is 11.1. The Morgan fingerprint density at radius 3 is 2.65 bits per heavy atom. The minimum Gasteiger partial charge on any atom is -0.388 e. The Morgan fingerprint density at radius 2 is 1.80 bits per heavy atom. The normalized spacial score (nSPS) is 15.2. The van der Waals surface area contributed by atoms with Crippen LogP contribution >= 0.6 is 31.9 Å². The molecule has 1 N–H and O–H groups in total. The summed E-state index contributed by atoms with van der Waals surface area (Å²) < 4.78 is 1.94. The van der Waals surface area contributed by atoms with E-state index >= 15 is 0 Å². The maximum Gasteiger partial charge on any atom is 0.0841 e. The van der Waals surface area contributed by atoms with E-state index in [1.54, 1.807) is 0 Å². The Balaban J connectivity index is 1.82. The second-order valence-electron chi connectivity index (χ2n) is 5.34. The first kappa shape index (κ1) is 14.3. The molecule has 3 rings (SSSR count). The molecule has 2 aromatic carbocycles. The first-order valence-corrected chi connectivity index (χ1v) is 8.46. The lowest BCUT2D eigenvalue weighted by Crippen LogP contribution is -2.03. The molecule has 20 heavy (non-hydrogen) atoms. The lowest BCUT2D eigenvalue weighted by atomic mass is 9.98. The van der Waals surface area contributed by atoms with Gasteiger partial charge >= 0.3 is 0 Å². The van der Waals surface area contributed by atoms with Crippen LogP contribution in [0.15, 0.2) is 45.3 Å². The number of halogens is 2. The predicted octanol–water partition coefficient (Wildman–Crippen LogP) is 4.98. The molecule has 1 aliphatic carbocycles. The molecule has 0 heterocycles. The molecule has 0 bridgehead atoms. The van der Waals surface area contributed by atoms with Crippen LogP contribution in [0.4, 0.5) is 0 Å². The average Bonchev–Trinajstić information content (AvgIpc) is 2.89. The van der Waals surface area contributed by atoms with E-state index in [1.807, 2.05) is 18.2 Å². The van der Waals surface area contributed by atoms with Crippen molar-refractivity contribution >= 4 is 31.9 Å². The van der Waals surface area contributed by atoms with E-state index in [9.17, 15) is 5.11 Å². The SMILES string of the molecule is OC(Cc1ccc2c(c1)CCC2)c1cc(Br)ccc1Br. The highest BCUT2D eigenvalue weighted by molar-refractivity contribution is 9.11. The fraction of sp³-hybridized carbons (Fsp3) is 0.294. The van der Waals surface area contributed by atoms with Crippen molar-refractivity contribution in [1.29, 1.82) is 0 Å². The third-order valence-corrected chi connectivity index (χ3v) is 5.12. The summed E-state index contributed by atoms with van der Waals surface area (Å²) in [6.45, 7) is 0. The second-order valence-corrected chi connectivity index (χ2v) is 7.11. The molecule has 0 saturated heterocycles. The van der Waals surface area contributed by atoms with Crippen LogP contribution < -0.4 is 0 Å². The van der Waals surface area contributed by atoms with E-state index in [0.29, 0.717) is 6.42 Å². The number of hydrogen-bond acceptors (Lipinski definition) is 1. The molecule has 1 aliphatic rings. The zero-order valence-corrected chi connectivity index (χ0v) is 14.2. The molecule has 0 spiro atoms. The van der Waals surface area contributed by atoms with Gasteiger partial charge in [0.25, 0.3) is 0 Å². The Kier molecular flexibility index (Phi) is 4.29. The molecule has 0 aromatic heterocycles. The molecular formula is C17H16Br2O. The van der Waals surface area contributed by atoms with Gasteiger partial charge in [-0.1, -0.05) is 50.1 Å². The largest absolute Gasteiger partial charge is 0.388 e. The third-order valence-electron chi connectivity index (χ3n) is 3.91. The van der Waals surface area contributed by atoms with Gasteiger partial charge in [-0.2, -0.15) is 0 Å². The van der Waals surface area contributed by atoms with Gasteiger partial charge in [0.2, 0.25) is 0 Å². The van der Waals surface area contributed by atoms with Gasteiger partial charge < -0.3 is 5.11 Å². The number of benzene rings is 2. The van der Waals surface area contributed by atoms with Crippen molar-refractivity contribution in [3.63, 3.8) is 0 Å². The van der Waals surface area contributed by atoms with E-state index in [0.717, 1.165) is 14.5 Å². The molecule has 0 saturated carbocycles. The number of aryl methyl sites for hydroxylation is 2. The molecule has 0 fully saturated rings. The van der Waals surface area contributed by atoms with E-state index in [-0.39, 0.29) is 0 Å². The summed E-state index contributed by atoms with van der Waals surface area (Å²) in [5.74, 6) is 0. The van der Waals surface area contributed by atoms with Crippen LogP contribution in [-0.4, -0.2) is 5.11 Å². The average molecular weight is 396 g/mol. The number of fused-ring (bicyclic) bond motifs is 1. The smallest absolute Gasteiger partial charge is 0.0841 e. The van der Waals surface area contributed by atoms with Gasteiger partial charge in [-0.05, 0) is 59.7 Å². The van der Waals surface area contributed by atoms with Gasteiger partial charge in [0, 0.05) is 15.4 Å². The Bertz CT molecular complexity index is 637. The number of rotatable bonds is 3. The van der Waals surface area contributed by atoms with Gasteiger partial charge in [0.15, 0.2) is 0 Å². The van der Waals surface area contributed by atoms with E-state index < -0.39 is 6.10 Å². The summed E-state index contributed by atoms with van der Waals surface area (Å²) in [5, 5.41) is 10.5. The second kappa shape index (κ2) is 6.00. The summed E-state index contributed by atoms with van der Waals surface area (Å²) in [6.07, 6.45) is 3.82. The van der Waals surface area contributed by atoms with Gasteiger partial charge in [-0.3, -0.25) is 0 Å². The molecule has 1 atom stereocenters. The molecule has 0 radical (unpaired) electrons. The topological polar surface area (TPSA) is 20.2 Å². The van der Waals surface area contributed by atoms with Crippen molar-refractivity contribution in [1.82, 2.24) is 0 Å². The summed E-state index contributed by atoms with van der Waals surface area (Å²) in [5.41, 5.74) is 5.08. The summed E-state index contributed by atoms with van der Waals surface area (Å²) in [7, 11) is 0. The molecule has 0 aliphatic heterocycles. The molecular weight excluding hydrogens is 380 g/mol. The highest BCUT2D eigenvalue weighted by atomic mass is 79.9. The minimum atomic E-state index is -0.485. The Morgan fingerprint density at radius 1 is 1.00 bits per heavy atom. The number of aliphatic hydroxyl groups is 1. The quantitative estimate of drug-likeness (QED) is 0.777. The van der Waals surface area contributed by atoms with Gasteiger partial charge in [-0.25, -0.2) is 0 Å². The lowest BCUT2D eigenvalue weighted by Gasteiger charge is -2.14. The summed E-state index contributed by atoms with van der Waals surface area (Å²) in [6, 6.07) is 12.5. The summed E-state index contributed by atoms with van der Waals surface area (Å²) in [4.78, 5) is 0. The fourth-order valence-electron chi connectivity index (χ4n) is 2.86. The van der Waals surface area contributed by atoms with Gasteiger partial charge in [0.05, 0.1) is 6.10 Å². The van der Waals surface area contributed by atoms with Crippen molar-refractivity contribution in [2.45, 2.75) is 31.8 Å². The van der Waals surface area contributed by atoms with Crippen molar-refractivity contribution < 1.29 is 5.11 Å². The standard InChI is InChI=1S/C17H16Br2O/c18-14-6-7-16(19)15(10-14)17(20)9-11-4-5-12-2-1-3-13(12)8-11/h4-8,10,17,20H,1-3,9H2. The van der Waals surface area contributed by atoms with Crippen LogP contribution in [0, 0.1) is 0 Å². The highest BCUT2D eigenvalue weighted by Crippen LogP contribution is 2.30. The van der Waals surface area contributed by atoms with E-state index in [1.165, 1.54) is 36.0 Å².